The summed E-state index contributed by atoms with van der Waals surface area (Å²) in [5.74, 6) is -24.1. The van der Waals surface area contributed by atoms with E-state index in [4.69, 9.17) is 9.47 Å². The van der Waals surface area contributed by atoms with E-state index in [1.165, 1.54) is 24.3 Å². The largest absolute Gasteiger partial charge is 0.451 e. The van der Waals surface area contributed by atoms with E-state index < -0.39 is 92.5 Å². The summed E-state index contributed by atoms with van der Waals surface area (Å²) in [5, 5.41) is 4.66. The lowest BCUT2D eigenvalue weighted by Crippen LogP contribution is -2.09. The molecule has 2 N–H and O–H groups in total. The van der Waals surface area contributed by atoms with Gasteiger partial charge in [0.15, 0.2) is 23.3 Å². The molecule has 0 saturated carbocycles. The van der Waals surface area contributed by atoms with Crippen molar-refractivity contribution in [3.05, 3.63) is 95.1 Å². The first-order valence-electron chi connectivity index (χ1n) is 11.6. The fourth-order valence-electron chi connectivity index (χ4n) is 3.76. The molecule has 2 amide bonds. The smallest absolute Gasteiger partial charge is 0.221 e. The summed E-state index contributed by atoms with van der Waals surface area (Å²) in [7, 11) is 0. The molecule has 0 atom stereocenters. The summed E-state index contributed by atoms with van der Waals surface area (Å²) in [5.41, 5.74) is -4.04. The maximum absolute atomic E-state index is 15.0. The van der Waals surface area contributed by atoms with Crippen LogP contribution in [0.3, 0.4) is 0 Å². The molecule has 218 valence electrons. The van der Waals surface area contributed by atoms with Crippen molar-refractivity contribution in [2.45, 2.75) is 13.8 Å². The van der Waals surface area contributed by atoms with Crippen LogP contribution >= 0.6 is 0 Å². The van der Waals surface area contributed by atoms with E-state index in [2.05, 4.69) is 10.6 Å². The van der Waals surface area contributed by atoms with Crippen LogP contribution < -0.4 is 20.1 Å². The third kappa shape index (κ3) is 5.82. The molecule has 0 unspecified atom stereocenters. The summed E-state index contributed by atoms with van der Waals surface area (Å²) < 4.78 is 129. The third-order valence-corrected chi connectivity index (χ3v) is 5.44. The van der Waals surface area contributed by atoms with Crippen molar-refractivity contribution >= 4 is 23.2 Å². The Balaban J connectivity index is 1.78. The first kappa shape index (κ1) is 29.8. The number of ether oxygens (including phenoxy) is 2. The van der Waals surface area contributed by atoms with Gasteiger partial charge in [-0.05, 0) is 24.3 Å². The Hall–Kier alpha value is -5.14. The van der Waals surface area contributed by atoms with Crippen LogP contribution in [0.4, 0.5) is 46.5 Å². The van der Waals surface area contributed by atoms with E-state index in [0.717, 1.165) is 38.1 Å². The molecule has 4 aromatic carbocycles. The third-order valence-electron chi connectivity index (χ3n) is 5.44. The lowest BCUT2D eigenvalue weighted by atomic mass is 10.0. The number of carbonyl (C=O) groups is 2. The molecular formula is C28H16F8N2O4. The Kier molecular flexibility index (Phi) is 8.36. The number of carbonyl (C=O) groups excluding carboxylic acids is 2. The second-order valence-electron chi connectivity index (χ2n) is 8.54. The minimum atomic E-state index is -2.44. The van der Waals surface area contributed by atoms with Gasteiger partial charge >= 0.3 is 0 Å². The molecule has 0 spiro atoms. The van der Waals surface area contributed by atoms with Crippen LogP contribution in [-0.4, -0.2) is 11.8 Å². The van der Waals surface area contributed by atoms with Crippen molar-refractivity contribution in [3.8, 4) is 34.1 Å². The zero-order valence-corrected chi connectivity index (χ0v) is 21.3. The molecular weight excluding hydrogens is 580 g/mol. The van der Waals surface area contributed by atoms with Gasteiger partial charge in [-0.2, -0.15) is 17.6 Å². The minimum Gasteiger partial charge on any atom is -0.451 e. The SMILES string of the molecule is CC(=O)Nc1cccc(Oc2c(F)c(F)c(-c3c(F)c(F)c(Oc4cccc(NC(C)=O)c4)c(F)c3F)c(F)c2F)c1. The number of benzene rings is 4. The number of anilines is 2. The maximum Gasteiger partial charge on any atom is 0.221 e. The molecule has 0 aliphatic heterocycles. The van der Waals surface area contributed by atoms with Crippen molar-refractivity contribution in [3.63, 3.8) is 0 Å². The summed E-state index contributed by atoms with van der Waals surface area (Å²) in [6.07, 6.45) is 0. The quantitative estimate of drug-likeness (QED) is 0.168. The summed E-state index contributed by atoms with van der Waals surface area (Å²) >= 11 is 0. The van der Waals surface area contributed by atoms with Gasteiger partial charge in [0.2, 0.25) is 46.6 Å². The van der Waals surface area contributed by atoms with Crippen LogP contribution in [0.15, 0.2) is 48.5 Å². The topological polar surface area (TPSA) is 76.7 Å². The monoisotopic (exact) mass is 596 g/mol. The molecule has 0 aromatic heterocycles. The van der Waals surface area contributed by atoms with Crippen LogP contribution in [-0.2, 0) is 9.59 Å². The van der Waals surface area contributed by atoms with E-state index >= 15 is 0 Å². The van der Waals surface area contributed by atoms with Gasteiger partial charge < -0.3 is 20.1 Å². The normalized spacial score (nSPS) is 10.8. The highest BCUT2D eigenvalue weighted by Gasteiger charge is 2.35. The number of halogens is 8. The average molecular weight is 596 g/mol. The molecule has 0 heterocycles. The average Bonchev–Trinajstić information content (AvgIpc) is 2.93. The first-order chi connectivity index (χ1) is 19.8. The number of hydrogen-bond donors (Lipinski definition) is 2. The van der Waals surface area contributed by atoms with Crippen molar-refractivity contribution in [1.29, 1.82) is 0 Å². The maximum atomic E-state index is 15.0. The second kappa shape index (κ2) is 11.8. The van der Waals surface area contributed by atoms with Gasteiger partial charge in [-0.15, -0.1) is 0 Å². The van der Waals surface area contributed by atoms with E-state index in [1.54, 1.807) is 0 Å². The molecule has 4 aromatic rings. The van der Waals surface area contributed by atoms with E-state index in [0.29, 0.717) is 0 Å². The van der Waals surface area contributed by atoms with E-state index in [1.807, 2.05) is 0 Å². The molecule has 4 rings (SSSR count). The summed E-state index contributed by atoms with van der Waals surface area (Å²) in [6, 6.07) is 9.50. The molecule has 0 saturated heterocycles. The van der Waals surface area contributed by atoms with Crippen LogP contribution in [0.2, 0.25) is 0 Å². The van der Waals surface area contributed by atoms with Crippen LogP contribution in [0, 0.1) is 46.5 Å². The van der Waals surface area contributed by atoms with Gasteiger partial charge in [0.1, 0.15) is 11.5 Å². The number of nitrogens with one attached hydrogen (secondary N) is 2. The van der Waals surface area contributed by atoms with Crippen LogP contribution in [0.1, 0.15) is 13.8 Å². The molecule has 0 aliphatic carbocycles. The fourth-order valence-corrected chi connectivity index (χ4v) is 3.76. The summed E-state index contributed by atoms with van der Waals surface area (Å²) in [4.78, 5) is 22.4. The first-order valence-corrected chi connectivity index (χ1v) is 11.6. The standard InChI is InChI=1S/C28H16F8N2O4/c1-11(39)37-13-5-3-7-15(9-13)41-27-23(33)19(29)17(20(30)24(27)34)18-21(31)25(35)28(26(36)22(18)32)42-16-8-4-6-14(10-16)38-12(2)40/h3-10H,1-2H3,(H,37,39)(H,38,40). The Labute approximate surface area is 231 Å². The lowest BCUT2D eigenvalue weighted by molar-refractivity contribution is -0.115. The van der Waals surface area contributed by atoms with E-state index in [-0.39, 0.29) is 11.4 Å². The Morgan fingerprint density at radius 2 is 0.833 bits per heavy atom. The fraction of sp³-hybridized carbons (Fsp3) is 0.0714. The van der Waals surface area contributed by atoms with Crippen molar-refractivity contribution < 1.29 is 54.2 Å². The zero-order valence-electron chi connectivity index (χ0n) is 21.3. The van der Waals surface area contributed by atoms with Gasteiger partial charge in [-0.3, -0.25) is 9.59 Å². The van der Waals surface area contributed by atoms with Gasteiger partial charge in [0, 0.05) is 37.4 Å². The van der Waals surface area contributed by atoms with Gasteiger partial charge in [-0.1, -0.05) is 12.1 Å². The highest BCUT2D eigenvalue weighted by molar-refractivity contribution is 5.89. The highest BCUT2D eigenvalue weighted by Crippen LogP contribution is 2.43. The second-order valence-corrected chi connectivity index (χ2v) is 8.54. The van der Waals surface area contributed by atoms with Gasteiger partial charge in [0.05, 0.1) is 11.1 Å². The molecule has 42 heavy (non-hydrogen) atoms. The predicted molar refractivity (Wildman–Crippen MR) is 133 cm³/mol. The van der Waals surface area contributed by atoms with E-state index in [9.17, 15) is 44.7 Å². The van der Waals surface area contributed by atoms with Crippen molar-refractivity contribution in [1.82, 2.24) is 0 Å². The van der Waals surface area contributed by atoms with Crippen LogP contribution in [0.25, 0.3) is 11.1 Å². The van der Waals surface area contributed by atoms with Crippen molar-refractivity contribution in [2.75, 3.05) is 10.6 Å². The van der Waals surface area contributed by atoms with Crippen LogP contribution in [0.5, 0.6) is 23.0 Å². The molecule has 6 nitrogen and oxygen atoms in total. The Morgan fingerprint density at radius 3 is 1.12 bits per heavy atom. The van der Waals surface area contributed by atoms with Crippen molar-refractivity contribution in [2.24, 2.45) is 0 Å². The highest BCUT2D eigenvalue weighted by atomic mass is 19.2. The Bertz CT molecular complexity index is 1560. The number of rotatable bonds is 7. The number of amides is 2. The molecule has 0 bridgehead atoms. The minimum absolute atomic E-state index is 0.0811. The lowest BCUT2D eigenvalue weighted by Gasteiger charge is -2.16. The molecule has 0 fully saturated rings. The molecule has 0 aliphatic rings. The van der Waals surface area contributed by atoms with Gasteiger partial charge in [0.25, 0.3) is 0 Å². The number of hydrogen-bond acceptors (Lipinski definition) is 4. The molecule has 0 radical (unpaired) electrons. The molecule has 14 heteroatoms. The summed E-state index contributed by atoms with van der Waals surface area (Å²) in [6.45, 7) is 2.31. The Morgan fingerprint density at radius 1 is 0.524 bits per heavy atom. The zero-order chi connectivity index (χ0) is 30.9. The van der Waals surface area contributed by atoms with Gasteiger partial charge in [-0.25, -0.2) is 17.6 Å². The predicted octanol–water partition coefficient (Wildman–Crippen LogP) is 7.97.